The molecule has 7 nitrogen and oxygen atoms in total. The van der Waals surface area contributed by atoms with Gasteiger partial charge in [-0.25, -0.2) is 4.79 Å². The Balaban J connectivity index is 1.91. The van der Waals surface area contributed by atoms with Crippen LogP contribution in [0.1, 0.15) is 24.2 Å². The molecule has 7 heteroatoms. The molecule has 0 atom stereocenters. The summed E-state index contributed by atoms with van der Waals surface area (Å²) in [5.41, 5.74) is -0.0240. The number of esters is 1. The maximum absolute atomic E-state index is 12.1. The average Bonchev–Trinajstić information content (AvgIpc) is 2.56. The Morgan fingerprint density at radius 2 is 1.72 bits per heavy atom. The van der Waals surface area contributed by atoms with Gasteiger partial charge in [-0.2, -0.15) is 0 Å². The number of carbonyl (C=O) groups excluding carboxylic acids is 3. The summed E-state index contributed by atoms with van der Waals surface area (Å²) in [7, 11) is 0. The lowest BCUT2D eigenvalue weighted by Gasteiger charge is -2.10. The largest absolute Gasteiger partial charge is 0.507 e. The number of ether oxygens (including phenoxy) is 1. The first-order chi connectivity index (χ1) is 11.9. The highest BCUT2D eigenvalue weighted by Crippen LogP contribution is 2.25. The van der Waals surface area contributed by atoms with Gasteiger partial charge in [0.15, 0.2) is 6.61 Å². The Morgan fingerprint density at radius 1 is 1.08 bits per heavy atom. The van der Waals surface area contributed by atoms with Gasteiger partial charge in [0.1, 0.15) is 11.3 Å². The van der Waals surface area contributed by atoms with E-state index in [9.17, 15) is 19.5 Å². The van der Waals surface area contributed by atoms with E-state index in [2.05, 4.69) is 10.6 Å². The minimum absolute atomic E-state index is 0.0240. The Labute approximate surface area is 145 Å². The molecule has 0 fully saturated rings. The number of phenolic OH excluding ortho intramolecular Hbond substituents is 1. The summed E-state index contributed by atoms with van der Waals surface area (Å²) in [6.45, 7) is 2.87. The van der Waals surface area contributed by atoms with E-state index in [4.69, 9.17) is 4.74 Å². The molecule has 2 aromatic carbocycles. The molecular weight excluding hydrogens is 324 g/mol. The van der Waals surface area contributed by atoms with Crippen LogP contribution in [0.15, 0.2) is 36.4 Å². The molecular formula is C18H20N2O5. The Bertz CT molecular complexity index is 801. The topological polar surface area (TPSA) is 105 Å². The Hall–Kier alpha value is -3.09. The van der Waals surface area contributed by atoms with Crippen LogP contribution in [-0.2, 0) is 14.3 Å². The van der Waals surface area contributed by atoms with Gasteiger partial charge in [0, 0.05) is 6.04 Å². The van der Waals surface area contributed by atoms with Crippen LogP contribution in [0.4, 0.5) is 0 Å². The average molecular weight is 344 g/mol. The van der Waals surface area contributed by atoms with Gasteiger partial charge in [0.05, 0.1) is 6.54 Å². The van der Waals surface area contributed by atoms with Crippen molar-refractivity contribution in [3.63, 3.8) is 0 Å². The third kappa shape index (κ3) is 5.20. The van der Waals surface area contributed by atoms with Gasteiger partial charge in [-0.3, -0.25) is 9.59 Å². The van der Waals surface area contributed by atoms with Gasteiger partial charge in [0.2, 0.25) is 5.91 Å². The second-order valence-corrected chi connectivity index (χ2v) is 5.79. The van der Waals surface area contributed by atoms with Gasteiger partial charge in [-0.05, 0) is 36.8 Å². The number of phenols is 1. The van der Waals surface area contributed by atoms with E-state index in [0.29, 0.717) is 0 Å². The van der Waals surface area contributed by atoms with Crippen LogP contribution in [0.5, 0.6) is 5.75 Å². The zero-order valence-corrected chi connectivity index (χ0v) is 14.0. The van der Waals surface area contributed by atoms with E-state index in [0.717, 1.165) is 10.8 Å². The Kier molecular flexibility index (Phi) is 5.94. The third-order valence-corrected chi connectivity index (χ3v) is 3.31. The number of benzene rings is 2. The molecule has 0 aliphatic carbocycles. The molecule has 2 aromatic rings. The number of fused-ring (bicyclic) bond motifs is 1. The van der Waals surface area contributed by atoms with Crippen molar-refractivity contribution in [2.24, 2.45) is 0 Å². The minimum atomic E-state index is -0.815. The minimum Gasteiger partial charge on any atom is -0.507 e. The fourth-order valence-corrected chi connectivity index (χ4v) is 2.20. The molecule has 0 aliphatic heterocycles. The van der Waals surface area contributed by atoms with Crippen molar-refractivity contribution < 1.29 is 24.2 Å². The number of aromatic hydroxyl groups is 1. The number of nitrogens with one attached hydrogen (secondary N) is 2. The molecule has 0 bridgehead atoms. The summed E-state index contributed by atoms with van der Waals surface area (Å²) < 4.78 is 4.89. The Morgan fingerprint density at radius 3 is 2.36 bits per heavy atom. The first kappa shape index (κ1) is 18.3. The predicted octanol–water partition coefficient (Wildman–Crippen LogP) is 1.34. The number of hydrogen-bond donors (Lipinski definition) is 3. The smallest absolute Gasteiger partial charge is 0.342 e. The summed E-state index contributed by atoms with van der Waals surface area (Å²) in [6.07, 6.45) is 0. The monoisotopic (exact) mass is 344 g/mol. The first-order valence-corrected chi connectivity index (χ1v) is 7.81. The molecule has 0 radical (unpaired) electrons. The number of carbonyl (C=O) groups is 3. The molecule has 0 heterocycles. The standard InChI is InChI=1S/C18H20N2O5/c1-11(2)20-16(22)9-19-17(23)10-25-18(24)14-7-12-5-3-4-6-13(12)8-15(14)21/h3-8,11,21H,9-10H2,1-2H3,(H,19,23)(H,20,22). The molecule has 0 aliphatic rings. The van der Waals surface area contributed by atoms with Crippen molar-refractivity contribution in [3.05, 3.63) is 42.0 Å². The van der Waals surface area contributed by atoms with Crippen LogP contribution >= 0.6 is 0 Å². The second kappa shape index (κ2) is 8.14. The van der Waals surface area contributed by atoms with Gasteiger partial charge >= 0.3 is 5.97 Å². The quantitative estimate of drug-likeness (QED) is 0.686. The van der Waals surface area contributed by atoms with Crippen molar-refractivity contribution in [2.75, 3.05) is 13.2 Å². The van der Waals surface area contributed by atoms with E-state index >= 15 is 0 Å². The van der Waals surface area contributed by atoms with Crippen LogP contribution in [0, 0.1) is 0 Å². The van der Waals surface area contributed by atoms with Gasteiger partial charge < -0.3 is 20.5 Å². The lowest BCUT2D eigenvalue weighted by Crippen LogP contribution is -2.41. The molecule has 0 saturated heterocycles. The predicted molar refractivity (Wildman–Crippen MR) is 92.2 cm³/mol. The fraction of sp³-hybridized carbons (Fsp3) is 0.278. The molecule has 132 valence electrons. The highest BCUT2D eigenvalue weighted by Gasteiger charge is 2.16. The normalized spacial score (nSPS) is 10.5. The van der Waals surface area contributed by atoms with Gasteiger partial charge in [-0.15, -0.1) is 0 Å². The SMILES string of the molecule is CC(C)NC(=O)CNC(=O)COC(=O)c1cc2ccccc2cc1O. The van der Waals surface area contributed by atoms with Gasteiger partial charge in [0.25, 0.3) is 5.91 Å². The van der Waals surface area contributed by atoms with Crippen molar-refractivity contribution in [3.8, 4) is 5.75 Å². The number of amides is 2. The summed E-state index contributed by atoms with van der Waals surface area (Å²) in [5.74, 6) is -1.97. The van der Waals surface area contributed by atoms with Gasteiger partial charge in [-0.1, -0.05) is 24.3 Å². The molecule has 3 N–H and O–H groups in total. The molecule has 2 rings (SSSR count). The number of rotatable bonds is 6. The van der Waals surface area contributed by atoms with E-state index < -0.39 is 18.5 Å². The van der Waals surface area contributed by atoms with Crippen molar-refractivity contribution in [1.29, 1.82) is 0 Å². The fourth-order valence-electron chi connectivity index (χ4n) is 2.20. The highest BCUT2D eigenvalue weighted by atomic mass is 16.5. The van der Waals surface area contributed by atoms with E-state index in [1.165, 1.54) is 12.1 Å². The van der Waals surface area contributed by atoms with Crippen LogP contribution in [0.25, 0.3) is 10.8 Å². The molecule has 2 amide bonds. The molecule has 0 spiro atoms. The third-order valence-electron chi connectivity index (χ3n) is 3.31. The summed E-state index contributed by atoms with van der Waals surface area (Å²) in [5, 5.41) is 16.5. The number of hydrogen-bond acceptors (Lipinski definition) is 5. The maximum atomic E-state index is 12.1. The highest BCUT2D eigenvalue weighted by molar-refractivity contribution is 5.99. The van der Waals surface area contributed by atoms with E-state index in [1.54, 1.807) is 26.0 Å². The van der Waals surface area contributed by atoms with E-state index in [1.807, 2.05) is 12.1 Å². The van der Waals surface area contributed by atoms with E-state index in [-0.39, 0.29) is 29.8 Å². The maximum Gasteiger partial charge on any atom is 0.342 e. The first-order valence-electron chi connectivity index (χ1n) is 7.81. The van der Waals surface area contributed by atoms with Crippen molar-refractivity contribution in [2.45, 2.75) is 19.9 Å². The lowest BCUT2D eigenvalue weighted by atomic mass is 10.1. The molecule has 0 unspecified atom stereocenters. The summed E-state index contributed by atoms with van der Waals surface area (Å²) in [6, 6.07) is 10.2. The van der Waals surface area contributed by atoms with Crippen LogP contribution in [0.3, 0.4) is 0 Å². The second-order valence-electron chi connectivity index (χ2n) is 5.79. The van der Waals surface area contributed by atoms with Crippen molar-refractivity contribution >= 4 is 28.6 Å². The summed E-state index contributed by atoms with van der Waals surface area (Å²) >= 11 is 0. The summed E-state index contributed by atoms with van der Waals surface area (Å²) in [4.78, 5) is 35.1. The van der Waals surface area contributed by atoms with Crippen LogP contribution in [0.2, 0.25) is 0 Å². The molecule has 0 saturated carbocycles. The van der Waals surface area contributed by atoms with Crippen molar-refractivity contribution in [1.82, 2.24) is 10.6 Å². The molecule has 25 heavy (non-hydrogen) atoms. The zero-order valence-electron chi connectivity index (χ0n) is 14.0. The van der Waals surface area contributed by atoms with Crippen LogP contribution < -0.4 is 10.6 Å². The van der Waals surface area contributed by atoms with Crippen LogP contribution in [-0.4, -0.2) is 42.1 Å². The zero-order chi connectivity index (χ0) is 18.4. The lowest BCUT2D eigenvalue weighted by molar-refractivity contribution is -0.128. The molecule has 0 aromatic heterocycles.